The highest BCUT2D eigenvalue weighted by molar-refractivity contribution is 8.00. The van der Waals surface area contributed by atoms with Gasteiger partial charge in [-0.2, -0.15) is 5.26 Å². The summed E-state index contributed by atoms with van der Waals surface area (Å²) in [5, 5.41) is 12.3. The van der Waals surface area contributed by atoms with Crippen LogP contribution in [-0.2, 0) is 9.53 Å². The summed E-state index contributed by atoms with van der Waals surface area (Å²) in [4.78, 5) is 27.3. The summed E-state index contributed by atoms with van der Waals surface area (Å²) in [7, 11) is 1.56. The van der Waals surface area contributed by atoms with Crippen LogP contribution in [0.1, 0.15) is 28.5 Å². The number of ketones is 1. The number of ether oxygens (including phenoxy) is 1. The molecule has 0 aromatic carbocycles. The molecular formula is C14H17N3O3S. The van der Waals surface area contributed by atoms with E-state index in [1.54, 1.807) is 14.0 Å². The minimum absolute atomic E-state index is 0.134. The van der Waals surface area contributed by atoms with E-state index in [9.17, 15) is 9.59 Å². The van der Waals surface area contributed by atoms with E-state index in [2.05, 4.69) is 10.3 Å². The Morgan fingerprint density at radius 1 is 1.52 bits per heavy atom. The van der Waals surface area contributed by atoms with Crippen molar-refractivity contribution in [2.24, 2.45) is 0 Å². The normalized spacial score (nSPS) is 10.0. The summed E-state index contributed by atoms with van der Waals surface area (Å²) in [6.45, 7) is 4.03. The number of rotatable bonds is 7. The zero-order valence-corrected chi connectivity index (χ0v) is 13.0. The quantitative estimate of drug-likeness (QED) is 0.464. The Balaban J connectivity index is 2.75. The first kappa shape index (κ1) is 17.1. The van der Waals surface area contributed by atoms with Crippen LogP contribution in [0.2, 0.25) is 0 Å². The van der Waals surface area contributed by atoms with E-state index < -0.39 is 0 Å². The zero-order chi connectivity index (χ0) is 15.8. The van der Waals surface area contributed by atoms with Crippen LogP contribution in [0.5, 0.6) is 0 Å². The first-order valence-electron chi connectivity index (χ1n) is 6.30. The van der Waals surface area contributed by atoms with Crippen molar-refractivity contribution in [1.82, 2.24) is 10.3 Å². The molecule has 0 saturated carbocycles. The molecule has 1 N–H and O–H groups in total. The fourth-order valence-electron chi connectivity index (χ4n) is 1.61. The van der Waals surface area contributed by atoms with Gasteiger partial charge in [0.1, 0.15) is 11.1 Å². The molecule has 0 aliphatic carbocycles. The van der Waals surface area contributed by atoms with Gasteiger partial charge in [0.05, 0.1) is 17.9 Å². The van der Waals surface area contributed by atoms with E-state index >= 15 is 0 Å². The molecule has 0 saturated heterocycles. The molecule has 6 nitrogen and oxygen atoms in total. The molecule has 7 heteroatoms. The number of aromatic nitrogens is 1. The zero-order valence-electron chi connectivity index (χ0n) is 12.2. The molecule has 0 aliphatic heterocycles. The molecule has 0 fully saturated rings. The second-order valence-corrected chi connectivity index (χ2v) is 5.24. The number of carbonyl (C=O) groups excluding carboxylic acids is 2. The number of thioether (sulfide) groups is 1. The molecule has 1 heterocycles. The summed E-state index contributed by atoms with van der Waals surface area (Å²) in [6, 6.07) is 3.53. The van der Waals surface area contributed by atoms with Gasteiger partial charge < -0.3 is 10.1 Å². The van der Waals surface area contributed by atoms with Crippen molar-refractivity contribution in [1.29, 1.82) is 5.26 Å². The van der Waals surface area contributed by atoms with Crippen molar-refractivity contribution in [2.45, 2.75) is 18.9 Å². The van der Waals surface area contributed by atoms with Crippen LogP contribution < -0.4 is 5.32 Å². The predicted octanol–water partition coefficient (Wildman–Crippen LogP) is 1.32. The highest BCUT2D eigenvalue weighted by atomic mass is 32.2. The molecule has 0 unspecified atom stereocenters. The maximum Gasteiger partial charge on any atom is 0.230 e. The van der Waals surface area contributed by atoms with E-state index in [0.717, 1.165) is 0 Å². The van der Waals surface area contributed by atoms with Crippen LogP contribution in [0.25, 0.3) is 0 Å². The maximum absolute atomic E-state index is 11.6. The van der Waals surface area contributed by atoms with Gasteiger partial charge >= 0.3 is 0 Å². The van der Waals surface area contributed by atoms with Gasteiger partial charge in [0.25, 0.3) is 0 Å². The second-order valence-electron chi connectivity index (χ2n) is 4.27. The molecule has 0 bridgehead atoms. The lowest BCUT2D eigenvalue weighted by Gasteiger charge is -2.08. The maximum atomic E-state index is 11.6. The van der Waals surface area contributed by atoms with Gasteiger partial charge in [0.15, 0.2) is 5.78 Å². The second kappa shape index (κ2) is 8.39. The van der Waals surface area contributed by atoms with E-state index in [-0.39, 0.29) is 17.4 Å². The van der Waals surface area contributed by atoms with Gasteiger partial charge in [-0.3, -0.25) is 9.59 Å². The van der Waals surface area contributed by atoms with E-state index in [4.69, 9.17) is 10.00 Å². The topological polar surface area (TPSA) is 92.1 Å². The Morgan fingerprint density at radius 3 is 2.81 bits per heavy atom. The number of carbonyl (C=O) groups is 2. The third-order valence-electron chi connectivity index (χ3n) is 2.65. The number of pyridine rings is 1. The molecule has 1 amide bonds. The summed E-state index contributed by atoms with van der Waals surface area (Å²) >= 11 is 1.17. The fraction of sp³-hybridized carbons (Fsp3) is 0.429. The number of nitrogens with one attached hydrogen (secondary N) is 1. The Hall–Kier alpha value is -1.91. The van der Waals surface area contributed by atoms with Crippen molar-refractivity contribution in [3.8, 4) is 6.07 Å². The first-order valence-corrected chi connectivity index (χ1v) is 7.29. The van der Waals surface area contributed by atoms with Crippen molar-refractivity contribution >= 4 is 23.5 Å². The Bertz CT molecular complexity index is 582. The molecule has 21 heavy (non-hydrogen) atoms. The minimum atomic E-state index is -0.156. The van der Waals surface area contributed by atoms with Crippen LogP contribution in [0.15, 0.2) is 11.1 Å². The lowest BCUT2D eigenvalue weighted by atomic mass is 10.1. The third kappa shape index (κ3) is 5.17. The molecule has 0 atom stereocenters. The number of aryl methyl sites for hydroxylation is 1. The number of methoxy groups -OCH3 is 1. The van der Waals surface area contributed by atoms with Crippen LogP contribution in [0.3, 0.4) is 0 Å². The van der Waals surface area contributed by atoms with Gasteiger partial charge in [-0.25, -0.2) is 4.98 Å². The Kier molecular flexibility index (Phi) is 6.85. The molecular weight excluding hydrogens is 290 g/mol. The molecule has 0 radical (unpaired) electrons. The van der Waals surface area contributed by atoms with Crippen LogP contribution in [-0.4, -0.2) is 42.7 Å². The van der Waals surface area contributed by atoms with Crippen molar-refractivity contribution in [3.05, 3.63) is 22.9 Å². The molecule has 0 aliphatic rings. The number of Topliss-reactive ketones (excluding diaryl/α,β-unsaturated/α-hetero) is 1. The highest BCUT2D eigenvalue weighted by Crippen LogP contribution is 2.22. The summed E-state index contributed by atoms with van der Waals surface area (Å²) in [5.74, 6) is -0.133. The highest BCUT2D eigenvalue weighted by Gasteiger charge is 2.13. The predicted molar refractivity (Wildman–Crippen MR) is 79.3 cm³/mol. The molecule has 0 spiro atoms. The van der Waals surface area contributed by atoms with Crippen LogP contribution >= 0.6 is 11.8 Å². The monoisotopic (exact) mass is 307 g/mol. The lowest BCUT2D eigenvalue weighted by molar-refractivity contribution is -0.118. The minimum Gasteiger partial charge on any atom is -0.383 e. The number of nitriles is 1. The average Bonchev–Trinajstić information content (AvgIpc) is 2.45. The lowest BCUT2D eigenvalue weighted by Crippen LogP contribution is -2.28. The van der Waals surface area contributed by atoms with Crippen molar-refractivity contribution in [3.63, 3.8) is 0 Å². The summed E-state index contributed by atoms with van der Waals surface area (Å²) in [6.07, 6.45) is 0. The van der Waals surface area contributed by atoms with Crippen LogP contribution in [0.4, 0.5) is 0 Å². The Labute approximate surface area is 127 Å². The average molecular weight is 307 g/mol. The molecule has 1 rings (SSSR count). The van der Waals surface area contributed by atoms with E-state index in [0.29, 0.717) is 35.0 Å². The first-order chi connectivity index (χ1) is 9.99. The standard InChI is InChI=1S/C14H17N3O3S/c1-9-12(10(2)18)6-11(7-15)14(17-9)21-8-13(19)16-4-5-20-3/h6H,4-5,8H2,1-3H3,(H,16,19). The molecule has 1 aromatic heterocycles. The van der Waals surface area contributed by atoms with Gasteiger partial charge in [-0.15, -0.1) is 0 Å². The summed E-state index contributed by atoms with van der Waals surface area (Å²) < 4.78 is 4.83. The number of hydrogen-bond donors (Lipinski definition) is 1. The molecule has 1 aromatic rings. The van der Waals surface area contributed by atoms with E-state index in [1.165, 1.54) is 24.8 Å². The van der Waals surface area contributed by atoms with Crippen molar-refractivity contribution < 1.29 is 14.3 Å². The smallest absolute Gasteiger partial charge is 0.230 e. The Morgan fingerprint density at radius 2 is 2.24 bits per heavy atom. The SMILES string of the molecule is COCCNC(=O)CSc1nc(C)c(C(C)=O)cc1C#N. The third-order valence-corrected chi connectivity index (χ3v) is 3.64. The largest absolute Gasteiger partial charge is 0.383 e. The summed E-state index contributed by atoms with van der Waals surface area (Å²) in [5.41, 5.74) is 1.30. The van der Waals surface area contributed by atoms with Gasteiger partial charge in [-0.1, -0.05) is 11.8 Å². The van der Waals surface area contributed by atoms with Gasteiger partial charge in [-0.05, 0) is 19.9 Å². The van der Waals surface area contributed by atoms with E-state index in [1.807, 2.05) is 6.07 Å². The van der Waals surface area contributed by atoms with Crippen LogP contribution in [0, 0.1) is 18.3 Å². The molecule has 112 valence electrons. The van der Waals surface area contributed by atoms with Gasteiger partial charge in [0, 0.05) is 24.9 Å². The van der Waals surface area contributed by atoms with Gasteiger partial charge in [0.2, 0.25) is 5.91 Å². The number of nitrogens with zero attached hydrogens (tertiary/aromatic N) is 2. The van der Waals surface area contributed by atoms with Crippen molar-refractivity contribution in [2.75, 3.05) is 26.0 Å². The fourth-order valence-corrected chi connectivity index (χ4v) is 2.44. The number of hydrogen-bond acceptors (Lipinski definition) is 6. The number of amides is 1.